The molecular formula is C23H23F3N4O3S. The molecule has 3 aromatic rings. The minimum atomic E-state index is -4.83. The van der Waals surface area contributed by atoms with E-state index in [4.69, 9.17) is 0 Å². The maximum Gasteiger partial charge on any atom is 0.434 e. The summed E-state index contributed by atoms with van der Waals surface area (Å²) in [5.41, 5.74) is -1.52. The number of anilines is 1. The first-order chi connectivity index (χ1) is 16.1. The molecule has 1 aromatic heterocycles. The van der Waals surface area contributed by atoms with Crippen molar-refractivity contribution in [2.45, 2.75) is 30.8 Å². The molecule has 1 saturated heterocycles. The Labute approximate surface area is 195 Å². The Morgan fingerprint density at radius 2 is 1.76 bits per heavy atom. The zero-order valence-corrected chi connectivity index (χ0v) is 19.1. The highest BCUT2D eigenvalue weighted by atomic mass is 32.2. The zero-order valence-electron chi connectivity index (χ0n) is 18.3. The Morgan fingerprint density at radius 3 is 2.38 bits per heavy atom. The van der Waals surface area contributed by atoms with Gasteiger partial charge in [-0.3, -0.25) is 4.79 Å². The predicted octanol–water partition coefficient (Wildman–Crippen LogP) is 4.56. The van der Waals surface area contributed by atoms with E-state index in [0.29, 0.717) is 17.8 Å². The molecule has 2 heterocycles. The number of sulfonamides is 1. The largest absolute Gasteiger partial charge is 0.434 e. The van der Waals surface area contributed by atoms with Gasteiger partial charge in [-0.25, -0.2) is 13.1 Å². The number of carbonyl (C=O) groups is 1. The number of halogens is 3. The first-order valence-corrected chi connectivity index (χ1v) is 12.1. The highest BCUT2D eigenvalue weighted by Gasteiger charge is 2.40. The second kappa shape index (κ2) is 9.22. The summed E-state index contributed by atoms with van der Waals surface area (Å²) in [5, 5.41) is 6.17. The molecule has 0 radical (unpaired) electrons. The molecule has 1 fully saturated rings. The Balaban J connectivity index is 1.56. The molecule has 2 aromatic carbocycles. The molecule has 7 nitrogen and oxygen atoms in total. The van der Waals surface area contributed by atoms with Gasteiger partial charge in [0.2, 0.25) is 10.0 Å². The van der Waals surface area contributed by atoms with Gasteiger partial charge in [0.05, 0.1) is 22.3 Å². The van der Waals surface area contributed by atoms with Crippen LogP contribution in [-0.4, -0.2) is 41.5 Å². The van der Waals surface area contributed by atoms with Crippen LogP contribution in [0.1, 0.15) is 35.8 Å². The highest BCUT2D eigenvalue weighted by molar-refractivity contribution is 7.89. The molecule has 1 atom stereocenters. The van der Waals surface area contributed by atoms with E-state index in [0.717, 1.165) is 19.0 Å². The van der Waals surface area contributed by atoms with Crippen molar-refractivity contribution in [3.8, 4) is 5.69 Å². The van der Waals surface area contributed by atoms with Crippen molar-refractivity contribution in [3.05, 3.63) is 72.1 Å². The summed E-state index contributed by atoms with van der Waals surface area (Å²) in [6, 6.07) is 13.1. The van der Waals surface area contributed by atoms with Crippen molar-refractivity contribution >= 4 is 21.6 Å². The Morgan fingerprint density at radius 1 is 1.09 bits per heavy atom. The predicted molar refractivity (Wildman–Crippen MR) is 120 cm³/mol. The van der Waals surface area contributed by atoms with Crippen molar-refractivity contribution in [2.24, 2.45) is 5.92 Å². The molecular weight excluding hydrogens is 469 g/mol. The summed E-state index contributed by atoms with van der Waals surface area (Å²) in [5.74, 6) is -0.739. The van der Waals surface area contributed by atoms with E-state index in [9.17, 15) is 26.4 Å². The molecule has 0 aliphatic carbocycles. The lowest BCUT2D eigenvalue weighted by Gasteiger charge is -2.30. The summed E-state index contributed by atoms with van der Waals surface area (Å²) in [7, 11) is -3.69. The first-order valence-electron chi connectivity index (χ1n) is 10.7. The second-order valence-corrected chi connectivity index (χ2v) is 10.2. The van der Waals surface area contributed by atoms with Crippen molar-refractivity contribution in [3.63, 3.8) is 0 Å². The third kappa shape index (κ3) is 4.85. The van der Waals surface area contributed by atoms with Crippen LogP contribution in [0.25, 0.3) is 5.69 Å². The fourth-order valence-electron chi connectivity index (χ4n) is 3.97. The van der Waals surface area contributed by atoms with E-state index in [1.165, 1.54) is 40.7 Å². The number of carbonyl (C=O) groups excluding carboxylic acids is 1. The minimum Gasteiger partial charge on any atom is -0.322 e. The SMILES string of the molecule is CC1CCCN(S(=O)(=O)c2ccc(NC(=O)c3cnn(-c4ccccc4)c3C(F)(F)F)cc2)C1. The van der Waals surface area contributed by atoms with Crippen LogP contribution in [0.3, 0.4) is 0 Å². The van der Waals surface area contributed by atoms with Gasteiger partial charge in [-0.15, -0.1) is 0 Å². The van der Waals surface area contributed by atoms with Crippen molar-refractivity contribution in [1.82, 2.24) is 14.1 Å². The van der Waals surface area contributed by atoms with Gasteiger partial charge in [-0.1, -0.05) is 25.1 Å². The minimum absolute atomic E-state index is 0.0625. The quantitative estimate of drug-likeness (QED) is 0.566. The molecule has 34 heavy (non-hydrogen) atoms. The maximum atomic E-state index is 13.8. The molecule has 1 unspecified atom stereocenters. The lowest BCUT2D eigenvalue weighted by atomic mass is 10.0. The fourth-order valence-corrected chi connectivity index (χ4v) is 5.57. The third-order valence-electron chi connectivity index (χ3n) is 5.65. The van der Waals surface area contributed by atoms with Gasteiger partial charge in [0.1, 0.15) is 0 Å². The van der Waals surface area contributed by atoms with Gasteiger partial charge in [0.15, 0.2) is 5.69 Å². The number of nitrogens with zero attached hydrogens (tertiary/aromatic N) is 3. The number of amides is 1. The smallest absolute Gasteiger partial charge is 0.322 e. The zero-order chi connectivity index (χ0) is 24.5. The molecule has 11 heteroatoms. The number of aromatic nitrogens is 2. The molecule has 4 rings (SSSR count). The standard InChI is InChI=1S/C23H23F3N4O3S/c1-16-6-5-13-29(15-16)34(32,33)19-11-9-17(10-12-19)28-22(31)20-14-27-30(21(20)23(24,25)26)18-7-3-2-4-8-18/h2-4,7-12,14,16H,5-6,13,15H2,1H3,(H,28,31). The number of hydrogen-bond donors (Lipinski definition) is 1. The number of hydrogen-bond acceptors (Lipinski definition) is 4. The first kappa shape index (κ1) is 24.0. The van der Waals surface area contributed by atoms with Crippen LogP contribution in [-0.2, 0) is 16.2 Å². The van der Waals surface area contributed by atoms with Crippen LogP contribution in [0.4, 0.5) is 18.9 Å². The van der Waals surface area contributed by atoms with Crippen molar-refractivity contribution < 1.29 is 26.4 Å². The topological polar surface area (TPSA) is 84.3 Å². The Hall–Kier alpha value is -3.18. The molecule has 1 N–H and O–H groups in total. The van der Waals surface area contributed by atoms with E-state index in [1.807, 2.05) is 6.92 Å². The number of benzene rings is 2. The lowest BCUT2D eigenvalue weighted by Crippen LogP contribution is -2.39. The molecule has 1 amide bonds. The number of alkyl halides is 3. The van der Waals surface area contributed by atoms with Gasteiger partial charge in [-0.05, 0) is 55.2 Å². The van der Waals surface area contributed by atoms with Gasteiger partial charge in [0, 0.05) is 18.8 Å². The van der Waals surface area contributed by atoms with E-state index in [-0.39, 0.29) is 22.2 Å². The third-order valence-corrected chi connectivity index (χ3v) is 7.53. The molecule has 0 saturated carbocycles. The van der Waals surface area contributed by atoms with E-state index >= 15 is 0 Å². The van der Waals surface area contributed by atoms with Crippen LogP contribution in [0.5, 0.6) is 0 Å². The average Bonchev–Trinajstić information content (AvgIpc) is 3.26. The van der Waals surface area contributed by atoms with Gasteiger partial charge in [0.25, 0.3) is 5.91 Å². The van der Waals surface area contributed by atoms with Crippen LogP contribution in [0.15, 0.2) is 65.7 Å². The lowest BCUT2D eigenvalue weighted by molar-refractivity contribution is -0.143. The number of rotatable bonds is 5. The summed E-state index contributed by atoms with van der Waals surface area (Å²) in [6.45, 7) is 2.87. The number of nitrogens with one attached hydrogen (secondary N) is 1. The van der Waals surface area contributed by atoms with Crippen molar-refractivity contribution in [1.29, 1.82) is 0 Å². The number of para-hydroxylation sites is 1. The van der Waals surface area contributed by atoms with Gasteiger partial charge < -0.3 is 5.32 Å². The van der Waals surface area contributed by atoms with E-state index in [2.05, 4.69) is 10.4 Å². The number of piperidine rings is 1. The van der Waals surface area contributed by atoms with Gasteiger partial charge in [-0.2, -0.15) is 22.6 Å². The molecule has 0 spiro atoms. The Kier molecular flexibility index (Phi) is 6.50. The second-order valence-electron chi connectivity index (χ2n) is 8.24. The van der Waals surface area contributed by atoms with Crippen LogP contribution in [0.2, 0.25) is 0 Å². The molecule has 180 valence electrons. The summed E-state index contributed by atoms with van der Waals surface area (Å²) in [6.07, 6.45) is -2.21. The monoisotopic (exact) mass is 492 g/mol. The average molecular weight is 493 g/mol. The summed E-state index contributed by atoms with van der Waals surface area (Å²) in [4.78, 5) is 12.8. The summed E-state index contributed by atoms with van der Waals surface area (Å²) >= 11 is 0. The van der Waals surface area contributed by atoms with Crippen LogP contribution < -0.4 is 5.32 Å². The normalized spacial score (nSPS) is 17.5. The molecule has 1 aliphatic heterocycles. The molecule has 1 aliphatic rings. The molecule has 0 bridgehead atoms. The van der Waals surface area contributed by atoms with Crippen molar-refractivity contribution in [2.75, 3.05) is 18.4 Å². The highest BCUT2D eigenvalue weighted by Crippen LogP contribution is 2.34. The Bertz CT molecular complexity index is 1270. The van der Waals surface area contributed by atoms with Crippen LogP contribution in [0, 0.1) is 5.92 Å². The fraction of sp³-hybridized carbons (Fsp3) is 0.304. The van der Waals surface area contributed by atoms with E-state index in [1.54, 1.807) is 18.2 Å². The summed E-state index contributed by atoms with van der Waals surface area (Å²) < 4.78 is 69.3. The maximum absolute atomic E-state index is 13.8. The van der Waals surface area contributed by atoms with Crippen LogP contribution >= 0.6 is 0 Å². The van der Waals surface area contributed by atoms with Gasteiger partial charge >= 0.3 is 6.18 Å². The van der Waals surface area contributed by atoms with E-state index < -0.39 is 33.4 Å².